The molecule has 0 aliphatic carbocycles. The minimum Gasteiger partial charge on any atom is -0.338 e. The van der Waals surface area contributed by atoms with Crippen molar-refractivity contribution in [2.75, 3.05) is 13.1 Å². The van der Waals surface area contributed by atoms with Gasteiger partial charge in [-0.3, -0.25) is 14.7 Å². The number of likely N-dealkylation sites (tertiary alicyclic amines) is 1. The number of carbonyl (C=O) groups is 1. The molecule has 0 aromatic carbocycles. The van der Waals surface area contributed by atoms with E-state index in [0.717, 1.165) is 44.6 Å². The minimum atomic E-state index is -0.00742. The van der Waals surface area contributed by atoms with E-state index in [1.807, 2.05) is 12.1 Å². The summed E-state index contributed by atoms with van der Waals surface area (Å²) in [6.07, 6.45) is 5.49. The molecule has 6 nitrogen and oxygen atoms in total. The molecule has 1 aliphatic heterocycles. The van der Waals surface area contributed by atoms with Crippen LogP contribution in [-0.4, -0.2) is 38.9 Å². The zero-order valence-electron chi connectivity index (χ0n) is 15.0. The highest BCUT2D eigenvalue weighted by atomic mass is 16.5. The van der Waals surface area contributed by atoms with Crippen molar-refractivity contribution < 1.29 is 9.32 Å². The standard InChI is InChI=1S/C19H26N4O2/c1-14(2)8-9-17-21-18(25-22-17)13-23-11-5-6-15(12-23)19(24)16-7-3-4-10-20-16/h3-4,7,10,14-15H,5-6,8-9,11-13H2,1-2H3/t15-/m1/s1. The molecule has 0 N–H and O–H groups in total. The highest BCUT2D eigenvalue weighted by molar-refractivity contribution is 5.96. The van der Waals surface area contributed by atoms with Gasteiger partial charge in [0.05, 0.1) is 6.54 Å². The molecule has 2 aromatic rings. The summed E-state index contributed by atoms with van der Waals surface area (Å²) < 4.78 is 5.38. The summed E-state index contributed by atoms with van der Waals surface area (Å²) in [6.45, 7) is 6.66. The zero-order valence-corrected chi connectivity index (χ0v) is 15.0. The van der Waals surface area contributed by atoms with Gasteiger partial charge in [0, 0.05) is 25.1 Å². The topological polar surface area (TPSA) is 72.1 Å². The van der Waals surface area contributed by atoms with Gasteiger partial charge in [-0.05, 0) is 43.9 Å². The molecule has 3 heterocycles. The summed E-state index contributed by atoms with van der Waals surface area (Å²) >= 11 is 0. The van der Waals surface area contributed by atoms with E-state index in [0.29, 0.717) is 24.0 Å². The summed E-state index contributed by atoms with van der Waals surface area (Å²) in [5, 5.41) is 4.07. The first kappa shape index (κ1) is 17.7. The quantitative estimate of drug-likeness (QED) is 0.720. The molecule has 0 saturated carbocycles. The van der Waals surface area contributed by atoms with Crippen molar-refractivity contribution in [3.05, 3.63) is 41.8 Å². The Morgan fingerprint density at radius 3 is 3.04 bits per heavy atom. The summed E-state index contributed by atoms with van der Waals surface area (Å²) in [5.74, 6) is 2.18. The van der Waals surface area contributed by atoms with Gasteiger partial charge < -0.3 is 4.52 Å². The molecule has 1 fully saturated rings. The zero-order chi connectivity index (χ0) is 17.6. The maximum absolute atomic E-state index is 12.6. The number of pyridine rings is 1. The van der Waals surface area contributed by atoms with Crippen molar-refractivity contribution in [1.82, 2.24) is 20.0 Å². The highest BCUT2D eigenvalue weighted by Gasteiger charge is 2.28. The molecule has 134 valence electrons. The number of rotatable bonds is 7. The van der Waals surface area contributed by atoms with Gasteiger partial charge in [-0.15, -0.1) is 0 Å². The van der Waals surface area contributed by atoms with Crippen LogP contribution in [0.3, 0.4) is 0 Å². The summed E-state index contributed by atoms with van der Waals surface area (Å²) in [6, 6.07) is 5.48. The van der Waals surface area contributed by atoms with E-state index in [1.165, 1.54) is 0 Å². The normalized spacial score (nSPS) is 18.6. The van der Waals surface area contributed by atoms with Crippen LogP contribution in [0.4, 0.5) is 0 Å². The third-order valence-electron chi connectivity index (χ3n) is 4.61. The number of Topliss-reactive ketones (excluding diaryl/α,β-unsaturated/α-hetero) is 1. The van der Waals surface area contributed by atoms with Crippen LogP contribution in [0.15, 0.2) is 28.9 Å². The average molecular weight is 342 g/mol. The minimum absolute atomic E-state index is 0.00742. The van der Waals surface area contributed by atoms with E-state index in [1.54, 1.807) is 12.3 Å². The third kappa shape index (κ3) is 4.95. The number of piperidine rings is 1. The molecule has 0 spiro atoms. The lowest BCUT2D eigenvalue weighted by Crippen LogP contribution is -2.38. The molecule has 2 aromatic heterocycles. The first-order chi connectivity index (χ1) is 12.1. The van der Waals surface area contributed by atoms with Crippen molar-refractivity contribution in [2.45, 2.75) is 46.1 Å². The Bertz CT molecular complexity index is 684. The van der Waals surface area contributed by atoms with E-state index >= 15 is 0 Å². The maximum Gasteiger partial charge on any atom is 0.240 e. The van der Waals surface area contributed by atoms with E-state index in [9.17, 15) is 4.79 Å². The van der Waals surface area contributed by atoms with Gasteiger partial charge >= 0.3 is 0 Å². The van der Waals surface area contributed by atoms with Crippen molar-refractivity contribution in [3.63, 3.8) is 0 Å². The molecule has 6 heteroatoms. The lowest BCUT2D eigenvalue weighted by atomic mass is 9.92. The SMILES string of the molecule is CC(C)CCc1noc(CN2CCC[C@@H](C(=O)c3ccccn3)C2)n1. The van der Waals surface area contributed by atoms with Gasteiger partial charge in [-0.25, -0.2) is 0 Å². The lowest BCUT2D eigenvalue weighted by Gasteiger charge is -2.30. The predicted molar refractivity (Wildman–Crippen MR) is 94.0 cm³/mol. The molecule has 0 bridgehead atoms. The Kier molecular flexibility index (Phi) is 5.91. The van der Waals surface area contributed by atoms with Crippen LogP contribution in [0.1, 0.15) is 55.3 Å². The van der Waals surface area contributed by atoms with Crippen LogP contribution >= 0.6 is 0 Å². The number of ketones is 1. The second kappa shape index (κ2) is 8.34. The maximum atomic E-state index is 12.6. The van der Waals surface area contributed by atoms with Crippen LogP contribution in [0.25, 0.3) is 0 Å². The second-order valence-electron chi connectivity index (χ2n) is 7.19. The molecule has 3 rings (SSSR count). The Morgan fingerprint density at radius 2 is 2.28 bits per heavy atom. The summed E-state index contributed by atoms with van der Waals surface area (Å²) in [7, 11) is 0. The van der Waals surface area contributed by atoms with Crippen LogP contribution in [0, 0.1) is 11.8 Å². The Morgan fingerprint density at radius 1 is 1.40 bits per heavy atom. The van der Waals surface area contributed by atoms with Crippen LogP contribution in [0.5, 0.6) is 0 Å². The van der Waals surface area contributed by atoms with Crippen LogP contribution in [0.2, 0.25) is 0 Å². The molecule has 0 unspecified atom stereocenters. The molecule has 0 radical (unpaired) electrons. The highest BCUT2D eigenvalue weighted by Crippen LogP contribution is 2.21. The van der Waals surface area contributed by atoms with Gasteiger partial charge in [-0.2, -0.15) is 4.98 Å². The lowest BCUT2D eigenvalue weighted by molar-refractivity contribution is 0.0792. The fourth-order valence-electron chi connectivity index (χ4n) is 3.20. The number of aryl methyl sites for hydroxylation is 1. The van der Waals surface area contributed by atoms with Crippen molar-refractivity contribution in [2.24, 2.45) is 11.8 Å². The smallest absolute Gasteiger partial charge is 0.240 e. The van der Waals surface area contributed by atoms with Gasteiger partial charge in [0.1, 0.15) is 5.69 Å². The number of nitrogens with zero attached hydrogens (tertiary/aromatic N) is 4. The Balaban J connectivity index is 1.56. The summed E-state index contributed by atoms with van der Waals surface area (Å²) in [4.78, 5) is 23.5. The Labute approximate surface area is 148 Å². The fraction of sp³-hybridized carbons (Fsp3) is 0.579. The van der Waals surface area contributed by atoms with Crippen molar-refractivity contribution >= 4 is 5.78 Å². The monoisotopic (exact) mass is 342 g/mol. The molecule has 1 saturated heterocycles. The number of carbonyl (C=O) groups excluding carboxylic acids is 1. The van der Waals surface area contributed by atoms with Crippen LogP contribution < -0.4 is 0 Å². The first-order valence-corrected chi connectivity index (χ1v) is 9.11. The molecule has 25 heavy (non-hydrogen) atoms. The number of hydrogen-bond acceptors (Lipinski definition) is 6. The Hall–Kier alpha value is -2.08. The van der Waals surface area contributed by atoms with Crippen molar-refractivity contribution in [1.29, 1.82) is 0 Å². The van der Waals surface area contributed by atoms with E-state index < -0.39 is 0 Å². The van der Waals surface area contributed by atoms with Gasteiger partial charge in [0.2, 0.25) is 5.89 Å². The molecular formula is C19H26N4O2. The van der Waals surface area contributed by atoms with Gasteiger partial charge in [0.15, 0.2) is 11.6 Å². The molecule has 1 aliphatic rings. The third-order valence-corrected chi connectivity index (χ3v) is 4.61. The molecular weight excluding hydrogens is 316 g/mol. The van der Waals surface area contributed by atoms with E-state index in [4.69, 9.17) is 4.52 Å². The van der Waals surface area contributed by atoms with Crippen molar-refractivity contribution in [3.8, 4) is 0 Å². The van der Waals surface area contributed by atoms with Crippen LogP contribution in [-0.2, 0) is 13.0 Å². The largest absolute Gasteiger partial charge is 0.338 e. The van der Waals surface area contributed by atoms with E-state index in [-0.39, 0.29) is 11.7 Å². The van der Waals surface area contributed by atoms with E-state index in [2.05, 4.69) is 33.9 Å². The fourth-order valence-corrected chi connectivity index (χ4v) is 3.20. The predicted octanol–water partition coefficient (Wildman–Crippen LogP) is 3.15. The van der Waals surface area contributed by atoms with Gasteiger partial charge in [0.25, 0.3) is 0 Å². The van der Waals surface area contributed by atoms with Gasteiger partial charge in [-0.1, -0.05) is 25.1 Å². The average Bonchev–Trinajstić information content (AvgIpc) is 3.08. The molecule has 1 atom stereocenters. The first-order valence-electron chi connectivity index (χ1n) is 9.11. The molecule has 0 amide bonds. The summed E-state index contributed by atoms with van der Waals surface area (Å²) in [5.41, 5.74) is 0.558. The number of hydrogen-bond donors (Lipinski definition) is 0. The second-order valence-corrected chi connectivity index (χ2v) is 7.19. The number of aromatic nitrogens is 3.